The SMILES string of the molecule is O=C(CN1C(=O)[C@@H]2[C@H]3C[C@@H]([C@H](Br)[C@@H]3Br)[C@@H]2C1=O)Nc1cccc([N+](=O)[O-])c1. The summed E-state index contributed by atoms with van der Waals surface area (Å²) in [5.74, 6) is -1.71. The van der Waals surface area contributed by atoms with Crippen LogP contribution < -0.4 is 5.32 Å². The van der Waals surface area contributed by atoms with Gasteiger partial charge in [0, 0.05) is 27.5 Å². The third-order valence-corrected chi connectivity index (χ3v) is 8.93. The van der Waals surface area contributed by atoms with Gasteiger partial charge in [-0.2, -0.15) is 0 Å². The van der Waals surface area contributed by atoms with Crippen molar-refractivity contribution in [3.8, 4) is 0 Å². The average Bonchev–Trinajstić information content (AvgIpc) is 3.22. The molecule has 10 heteroatoms. The van der Waals surface area contributed by atoms with E-state index in [0.717, 1.165) is 11.3 Å². The predicted molar refractivity (Wildman–Crippen MR) is 102 cm³/mol. The number of carbonyl (C=O) groups excluding carboxylic acids is 3. The molecule has 1 aromatic carbocycles. The predicted octanol–water partition coefficient (Wildman–Crippen LogP) is 2.31. The lowest BCUT2D eigenvalue weighted by atomic mass is 9.81. The zero-order valence-electron chi connectivity index (χ0n) is 13.9. The maximum atomic E-state index is 12.8. The number of nitro groups is 1. The fraction of sp³-hybridized carbons (Fsp3) is 0.471. The van der Waals surface area contributed by atoms with E-state index in [1.165, 1.54) is 24.3 Å². The lowest BCUT2D eigenvalue weighted by Crippen LogP contribution is -2.39. The van der Waals surface area contributed by atoms with Gasteiger partial charge in [0.1, 0.15) is 6.54 Å². The van der Waals surface area contributed by atoms with E-state index < -0.39 is 10.8 Å². The van der Waals surface area contributed by atoms with Crippen molar-refractivity contribution in [2.24, 2.45) is 23.7 Å². The van der Waals surface area contributed by atoms with Crippen molar-refractivity contribution in [3.05, 3.63) is 34.4 Å². The molecule has 0 spiro atoms. The third-order valence-electron chi connectivity index (χ3n) is 5.72. The highest BCUT2D eigenvalue weighted by atomic mass is 79.9. The second kappa shape index (κ2) is 6.66. The molecule has 2 aliphatic carbocycles. The van der Waals surface area contributed by atoms with E-state index in [2.05, 4.69) is 37.2 Å². The molecule has 1 N–H and O–H groups in total. The minimum Gasteiger partial charge on any atom is -0.324 e. The molecular weight excluding hydrogens is 486 g/mol. The van der Waals surface area contributed by atoms with Crippen molar-refractivity contribution in [2.75, 3.05) is 11.9 Å². The van der Waals surface area contributed by atoms with Crippen LogP contribution in [0.25, 0.3) is 0 Å². The van der Waals surface area contributed by atoms with E-state index in [1.807, 2.05) is 0 Å². The van der Waals surface area contributed by atoms with Gasteiger partial charge in [0.25, 0.3) is 5.69 Å². The Morgan fingerprint density at radius 3 is 2.33 bits per heavy atom. The Balaban J connectivity index is 1.47. The van der Waals surface area contributed by atoms with Crippen LogP contribution in [0.2, 0.25) is 0 Å². The molecule has 142 valence electrons. The number of imide groups is 1. The number of nitro benzene ring substituents is 1. The summed E-state index contributed by atoms with van der Waals surface area (Å²) in [7, 11) is 0. The highest BCUT2D eigenvalue weighted by molar-refractivity contribution is 9.12. The van der Waals surface area contributed by atoms with Crippen LogP contribution in [-0.4, -0.2) is 43.7 Å². The Labute approximate surface area is 171 Å². The largest absolute Gasteiger partial charge is 0.324 e. The van der Waals surface area contributed by atoms with Crippen LogP contribution in [0.3, 0.4) is 0 Å². The normalized spacial score (nSPS) is 34.1. The number of hydrogen-bond donors (Lipinski definition) is 1. The van der Waals surface area contributed by atoms with Gasteiger partial charge in [0.2, 0.25) is 17.7 Å². The van der Waals surface area contributed by atoms with Gasteiger partial charge in [-0.1, -0.05) is 37.9 Å². The molecule has 8 nitrogen and oxygen atoms in total. The van der Waals surface area contributed by atoms with E-state index >= 15 is 0 Å². The monoisotopic (exact) mass is 499 g/mol. The summed E-state index contributed by atoms with van der Waals surface area (Å²) in [5.41, 5.74) is 0.0913. The molecule has 0 unspecified atom stereocenters. The fourth-order valence-electron chi connectivity index (χ4n) is 4.61. The van der Waals surface area contributed by atoms with Gasteiger partial charge in [-0.05, 0) is 24.3 Å². The number of halogens is 2. The Kier molecular flexibility index (Phi) is 4.58. The Hall–Kier alpha value is -1.81. The van der Waals surface area contributed by atoms with Gasteiger partial charge < -0.3 is 5.32 Å². The summed E-state index contributed by atoms with van der Waals surface area (Å²) in [5, 5.41) is 13.3. The first-order chi connectivity index (χ1) is 12.8. The van der Waals surface area contributed by atoms with Crippen molar-refractivity contribution in [1.82, 2.24) is 4.90 Å². The molecule has 0 radical (unpaired) electrons. The number of likely N-dealkylation sites (tertiary alicyclic amines) is 1. The molecule has 1 aliphatic heterocycles. The van der Waals surface area contributed by atoms with Crippen LogP contribution in [-0.2, 0) is 14.4 Å². The first kappa shape index (κ1) is 18.5. The number of carbonyl (C=O) groups is 3. The first-order valence-electron chi connectivity index (χ1n) is 8.47. The highest BCUT2D eigenvalue weighted by Crippen LogP contribution is 2.60. The van der Waals surface area contributed by atoms with Crippen molar-refractivity contribution < 1.29 is 19.3 Å². The topological polar surface area (TPSA) is 110 Å². The van der Waals surface area contributed by atoms with Crippen molar-refractivity contribution in [1.29, 1.82) is 0 Å². The quantitative estimate of drug-likeness (QED) is 0.295. The minimum absolute atomic E-state index is 0.0886. The summed E-state index contributed by atoms with van der Waals surface area (Å²) in [6.07, 6.45) is 0.826. The first-order valence-corrected chi connectivity index (χ1v) is 10.3. The summed E-state index contributed by atoms with van der Waals surface area (Å²) >= 11 is 7.23. The lowest BCUT2D eigenvalue weighted by Gasteiger charge is -2.28. The molecule has 1 heterocycles. The number of rotatable bonds is 4. The van der Waals surface area contributed by atoms with Gasteiger partial charge in [0.05, 0.1) is 16.8 Å². The van der Waals surface area contributed by atoms with Crippen LogP contribution in [0.5, 0.6) is 0 Å². The van der Waals surface area contributed by atoms with E-state index in [-0.39, 0.29) is 63.1 Å². The second-order valence-corrected chi connectivity index (χ2v) is 9.24. The maximum Gasteiger partial charge on any atom is 0.271 e. The minimum atomic E-state index is -0.562. The Morgan fingerprint density at radius 2 is 1.78 bits per heavy atom. The lowest BCUT2D eigenvalue weighted by molar-refractivity contribution is -0.384. The Bertz CT molecular complexity index is 831. The van der Waals surface area contributed by atoms with Gasteiger partial charge in [-0.25, -0.2) is 0 Å². The van der Waals surface area contributed by atoms with E-state index in [9.17, 15) is 24.5 Å². The fourth-order valence-corrected chi connectivity index (χ4v) is 6.48. The van der Waals surface area contributed by atoms with Crippen molar-refractivity contribution >= 4 is 61.0 Å². The molecule has 3 fully saturated rings. The van der Waals surface area contributed by atoms with Crippen molar-refractivity contribution in [3.63, 3.8) is 0 Å². The standard InChI is InChI=1S/C17H15Br2N3O5/c18-14-9-5-10(15(14)19)13-12(9)16(24)21(17(13)25)6-11(23)20-7-2-1-3-8(4-7)22(26)27/h1-4,9-10,12-15H,5-6H2,(H,20,23)/t9-,10-,12-,13+,14-,15+/m1/s1. The van der Waals surface area contributed by atoms with Gasteiger partial charge in [0.15, 0.2) is 0 Å². The number of benzene rings is 1. The van der Waals surface area contributed by atoms with Crippen LogP contribution in [0.15, 0.2) is 24.3 Å². The number of alkyl halides is 2. The molecule has 3 amide bonds. The van der Waals surface area contributed by atoms with Crippen molar-refractivity contribution in [2.45, 2.75) is 16.1 Å². The number of fused-ring (bicyclic) bond motifs is 5. The third kappa shape index (κ3) is 2.89. The molecule has 3 aliphatic rings. The van der Waals surface area contributed by atoms with Crippen LogP contribution >= 0.6 is 31.9 Å². The summed E-state index contributed by atoms with van der Waals surface area (Å²) in [6.45, 7) is -0.382. The molecule has 2 saturated carbocycles. The van der Waals surface area contributed by atoms with Crippen LogP contribution in [0.1, 0.15) is 6.42 Å². The number of amides is 3. The average molecular weight is 501 g/mol. The van der Waals surface area contributed by atoms with Gasteiger partial charge in [-0.3, -0.25) is 29.4 Å². The molecule has 27 heavy (non-hydrogen) atoms. The molecular formula is C17H15Br2N3O5. The number of non-ortho nitro benzene ring substituents is 1. The van der Waals surface area contributed by atoms with E-state index in [0.29, 0.717) is 0 Å². The van der Waals surface area contributed by atoms with Gasteiger partial charge >= 0.3 is 0 Å². The number of anilines is 1. The van der Waals surface area contributed by atoms with Gasteiger partial charge in [-0.15, -0.1) is 0 Å². The molecule has 0 aromatic heterocycles. The van der Waals surface area contributed by atoms with Crippen LogP contribution in [0.4, 0.5) is 11.4 Å². The highest BCUT2D eigenvalue weighted by Gasteiger charge is 2.66. The molecule has 1 saturated heterocycles. The molecule has 6 atom stereocenters. The molecule has 4 rings (SSSR count). The molecule has 1 aromatic rings. The van der Waals surface area contributed by atoms with Crippen LogP contribution in [0, 0.1) is 33.8 Å². The zero-order chi connectivity index (χ0) is 19.5. The zero-order valence-corrected chi connectivity index (χ0v) is 17.1. The Morgan fingerprint density at radius 1 is 1.19 bits per heavy atom. The summed E-state index contributed by atoms with van der Waals surface area (Å²) in [4.78, 5) is 49.4. The smallest absolute Gasteiger partial charge is 0.271 e. The number of nitrogens with zero attached hydrogens (tertiary/aromatic N) is 2. The van der Waals surface area contributed by atoms with E-state index in [1.54, 1.807) is 0 Å². The molecule has 2 bridgehead atoms. The maximum absolute atomic E-state index is 12.8. The number of nitrogens with one attached hydrogen (secondary N) is 1. The summed E-state index contributed by atoms with van der Waals surface area (Å²) in [6, 6.07) is 5.51. The second-order valence-electron chi connectivity index (χ2n) is 7.12. The van der Waals surface area contributed by atoms with E-state index in [4.69, 9.17) is 0 Å². The number of hydrogen-bond acceptors (Lipinski definition) is 5. The summed E-state index contributed by atoms with van der Waals surface area (Å²) < 4.78 is 0.